The molecule has 2 heterocycles. The highest BCUT2D eigenvalue weighted by Crippen LogP contribution is 2.37. The number of aliphatic hydroxyl groups excluding tert-OH is 2. The van der Waals surface area contributed by atoms with E-state index in [1.165, 1.54) is 6.08 Å². The Morgan fingerprint density at radius 1 is 1.19 bits per heavy atom. The molecule has 0 radical (unpaired) electrons. The van der Waals surface area contributed by atoms with Crippen LogP contribution >= 0.6 is 0 Å². The quantitative estimate of drug-likeness (QED) is 0.506. The molecular formula is C21H24O5. The van der Waals surface area contributed by atoms with E-state index in [4.69, 9.17) is 4.74 Å². The molecule has 0 aromatic rings. The highest BCUT2D eigenvalue weighted by atomic mass is 16.5. The van der Waals surface area contributed by atoms with Crippen molar-refractivity contribution in [2.45, 2.75) is 46.1 Å². The fourth-order valence-corrected chi connectivity index (χ4v) is 3.84. The van der Waals surface area contributed by atoms with Gasteiger partial charge >= 0.3 is 5.97 Å². The van der Waals surface area contributed by atoms with Crippen LogP contribution in [0.1, 0.15) is 40.0 Å². The Bertz CT molecular complexity index is 806. The van der Waals surface area contributed by atoms with Gasteiger partial charge in [0.2, 0.25) is 0 Å². The number of carbonyl (C=O) groups is 2. The Balaban J connectivity index is 2.03. The van der Waals surface area contributed by atoms with Gasteiger partial charge in [-0.25, -0.2) is 4.79 Å². The molecule has 0 amide bonds. The van der Waals surface area contributed by atoms with Crippen molar-refractivity contribution in [2.75, 3.05) is 0 Å². The van der Waals surface area contributed by atoms with Gasteiger partial charge in [-0.2, -0.15) is 0 Å². The molecule has 2 bridgehead atoms. The van der Waals surface area contributed by atoms with Crippen LogP contribution < -0.4 is 0 Å². The Morgan fingerprint density at radius 2 is 1.92 bits per heavy atom. The molecule has 26 heavy (non-hydrogen) atoms. The zero-order valence-electron chi connectivity index (χ0n) is 15.3. The van der Waals surface area contributed by atoms with E-state index in [-0.39, 0.29) is 41.1 Å². The summed E-state index contributed by atoms with van der Waals surface area (Å²) in [5.74, 6) is -1.24. The van der Waals surface area contributed by atoms with Crippen molar-refractivity contribution in [1.29, 1.82) is 0 Å². The van der Waals surface area contributed by atoms with E-state index in [0.717, 1.165) is 5.57 Å². The first-order valence-electron chi connectivity index (χ1n) is 8.93. The number of hydrogen-bond acceptors (Lipinski definition) is 5. The van der Waals surface area contributed by atoms with Gasteiger partial charge in [0.15, 0.2) is 5.78 Å². The van der Waals surface area contributed by atoms with E-state index < -0.39 is 12.1 Å². The average molecular weight is 356 g/mol. The zero-order chi connectivity index (χ0) is 19.0. The molecule has 2 aliphatic heterocycles. The Morgan fingerprint density at radius 3 is 2.65 bits per heavy atom. The van der Waals surface area contributed by atoms with Crippen molar-refractivity contribution >= 4 is 11.8 Å². The number of ether oxygens (including phenoxy) is 1. The number of rotatable bonds is 0. The largest absolute Gasteiger partial charge is 0.511 e. The van der Waals surface area contributed by atoms with E-state index in [9.17, 15) is 19.8 Å². The van der Waals surface area contributed by atoms with Gasteiger partial charge in [0.1, 0.15) is 17.6 Å². The summed E-state index contributed by atoms with van der Waals surface area (Å²) < 4.78 is 5.57. The average Bonchev–Trinajstić information content (AvgIpc) is 2.88. The molecule has 5 nitrogen and oxygen atoms in total. The molecule has 138 valence electrons. The van der Waals surface area contributed by atoms with Crippen LogP contribution in [0.2, 0.25) is 0 Å². The minimum absolute atomic E-state index is 0.0151. The number of aliphatic hydroxyl groups is 2. The third kappa shape index (κ3) is 3.14. The van der Waals surface area contributed by atoms with Crippen LogP contribution in [-0.2, 0) is 14.3 Å². The topological polar surface area (TPSA) is 83.8 Å². The van der Waals surface area contributed by atoms with Crippen LogP contribution in [0.25, 0.3) is 0 Å². The van der Waals surface area contributed by atoms with E-state index >= 15 is 0 Å². The number of carbonyl (C=O) groups excluding carboxylic acids is 2. The van der Waals surface area contributed by atoms with Crippen molar-refractivity contribution in [1.82, 2.24) is 0 Å². The van der Waals surface area contributed by atoms with Crippen molar-refractivity contribution in [2.24, 2.45) is 11.8 Å². The third-order valence-corrected chi connectivity index (χ3v) is 5.39. The summed E-state index contributed by atoms with van der Waals surface area (Å²) in [6, 6.07) is 0. The van der Waals surface area contributed by atoms with Crippen molar-refractivity contribution < 1.29 is 24.5 Å². The first-order valence-corrected chi connectivity index (χ1v) is 8.93. The smallest absolute Gasteiger partial charge is 0.338 e. The van der Waals surface area contributed by atoms with E-state index in [1.807, 2.05) is 26.0 Å². The molecule has 4 rings (SSSR count). The number of ketones is 1. The number of allylic oxidation sites excluding steroid dienone is 6. The molecular weight excluding hydrogens is 332 g/mol. The highest BCUT2D eigenvalue weighted by Gasteiger charge is 2.37. The second-order valence-electron chi connectivity index (χ2n) is 7.19. The lowest BCUT2D eigenvalue weighted by Crippen LogP contribution is -2.34. The monoisotopic (exact) mass is 356 g/mol. The first-order chi connectivity index (χ1) is 12.3. The van der Waals surface area contributed by atoms with Gasteiger partial charge in [-0.1, -0.05) is 25.2 Å². The molecule has 0 unspecified atom stereocenters. The maximum Gasteiger partial charge on any atom is 0.338 e. The summed E-state index contributed by atoms with van der Waals surface area (Å²) in [4.78, 5) is 24.9. The van der Waals surface area contributed by atoms with E-state index in [1.54, 1.807) is 13.0 Å². The van der Waals surface area contributed by atoms with Crippen LogP contribution in [0.3, 0.4) is 0 Å². The molecule has 0 spiro atoms. The molecule has 4 aliphatic rings. The predicted octanol–water partition coefficient (Wildman–Crippen LogP) is 4.00. The third-order valence-electron chi connectivity index (χ3n) is 5.39. The molecule has 5 heteroatoms. The lowest BCUT2D eigenvalue weighted by atomic mass is 9.86. The van der Waals surface area contributed by atoms with Crippen LogP contribution in [0, 0.1) is 11.8 Å². The highest BCUT2D eigenvalue weighted by molar-refractivity contribution is 6.06. The van der Waals surface area contributed by atoms with Gasteiger partial charge < -0.3 is 14.9 Å². The summed E-state index contributed by atoms with van der Waals surface area (Å²) in [6.45, 7) is 5.44. The molecule has 0 aromatic heterocycles. The van der Waals surface area contributed by atoms with Crippen LogP contribution in [0.5, 0.6) is 0 Å². The van der Waals surface area contributed by atoms with Gasteiger partial charge in [-0.05, 0) is 50.3 Å². The Kier molecular flexibility index (Phi) is 4.90. The van der Waals surface area contributed by atoms with Crippen molar-refractivity contribution in [3.8, 4) is 0 Å². The van der Waals surface area contributed by atoms with E-state index in [0.29, 0.717) is 24.0 Å². The van der Waals surface area contributed by atoms with Crippen LogP contribution in [0.15, 0.2) is 58.1 Å². The van der Waals surface area contributed by atoms with Gasteiger partial charge in [0, 0.05) is 11.5 Å². The Hall–Kier alpha value is -2.56. The maximum atomic E-state index is 12.5. The summed E-state index contributed by atoms with van der Waals surface area (Å²) in [5.41, 5.74) is 2.11. The summed E-state index contributed by atoms with van der Waals surface area (Å²) in [6.07, 6.45) is 7.68. The lowest BCUT2D eigenvalue weighted by molar-refractivity contribution is -0.147. The molecule has 0 saturated heterocycles. The van der Waals surface area contributed by atoms with Crippen molar-refractivity contribution in [3.05, 3.63) is 58.1 Å². The van der Waals surface area contributed by atoms with E-state index in [2.05, 4.69) is 0 Å². The second kappa shape index (κ2) is 6.98. The fourth-order valence-electron chi connectivity index (χ4n) is 3.84. The summed E-state index contributed by atoms with van der Waals surface area (Å²) in [7, 11) is 0. The lowest BCUT2D eigenvalue weighted by Gasteiger charge is -2.31. The SMILES string of the molecule is CC1=C[C@H]2CCC3=C(O)[C@H](C)[C@H](OC3=O)/C(C)=C/C/C=C/C(=O)C2=C1O. The van der Waals surface area contributed by atoms with Gasteiger partial charge in [-0.15, -0.1) is 0 Å². The first kappa shape index (κ1) is 18.2. The number of esters is 1. The van der Waals surface area contributed by atoms with Gasteiger partial charge in [0.25, 0.3) is 0 Å². The summed E-state index contributed by atoms with van der Waals surface area (Å²) >= 11 is 0. The number of fused-ring (bicyclic) bond motifs is 6. The van der Waals surface area contributed by atoms with Crippen LogP contribution in [0.4, 0.5) is 0 Å². The molecule has 0 aromatic carbocycles. The molecule has 0 saturated carbocycles. The second-order valence-corrected chi connectivity index (χ2v) is 7.19. The van der Waals surface area contributed by atoms with Gasteiger partial charge in [0.05, 0.1) is 11.5 Å². The fraction of sp³-hybridized carbons (Fsp3) is 0.429. The minimum Gasteiger partial charge on any atom is -0.511 e. The minimum atomic E-state index is -0.509. The standard InChI is InChI=1S/C21H24O5/c1-11-6-4-5-7-16(22)17-14(10-12(2)18(17)23)8-9-15-19(24)13(3)20(11)26-21(15)25/h5-7,10,13-14,20,23-24H,4,8-9H2,1-3H3/b7-5+,11-6+/t13-,14+,20+/m0/s1. The number of hydrogen-bond donors (Lipinski definition) is 2. The zero-order valence-corrected chi connectivity index (χ0v) is 15.3. The maximum absolute atomic E-state index is 12.5. The predicted molar refractivity (Wildman–Crippen MR) is 97.4 cm³/mol. The molecule has 3 atom stereocenters. The van der Waals surface area contributed by atoms with Gasteiger partial charge in [-0.3, -0.25) is 4.79 Å². The molecule has 0 fully saturated rings. The van der Waals surface area contributed by atoms with Crippen LogP contribution in [-0.4, -0.2) is 28.1 Å². The molecule has 2 N–H and O–H groups in total. The van der Waals surface area contributed by atoms with Crippen molar-refractivity contribution in [3.63, 3.8) is 0 Å². The normalized spacial score (nSPS) is 33.3. The molecule has 2 aliphatic carbocycles. The summed E-state index contributed by atoms with van der Waals surface area (Å²) in [5, 5.41) is 20.8. The Labute approximate surface area is 153 Å².